The van der Waals surface area contributed by atoms with Gasteiger partial charge in [-0.25, -0.2) is 9.59 Å². The molecule has 0 spiro atoms. The smallest absolute Gasteiger partial charge is 0.333 e. The fourth-order valence-electron chi connectivity index (χ4n) is 2.34. The van der Waals surface area contributed by atoms with E-state index in [0.29, 0.717) is 0 Å². The first-order chi connectivity index (χ1) is 14.3. The molecule has 31 heavy (non-hydrogen) atoms. The molecular weight excluding hydrogens is 430 g/mol. The molecular formula is C16H23NO14. The SMILES string of the molecule is O=C(O)C[C@H](OCCN(CCO[C@@H](CC(=O)O)C(=O)O)[C@@H](CC(=O)O)C(=O)O)C(=O)O. The van der Waals surface area contributed by atoms with Crippen LogP contribution in [0.2, 0.25) is 0 Å². The first-order valence-corrected chi connectivity index (χ1v) is 8.66. The number of aliphatic carboxylic acids is 6. The van der Waals surface area contributed by atoms with Gasteiger partial charge in [0, 0.05) is 13.1 Å². The zero-order valence-electron chi connectivity index (χ0n) is 16.1. The first kappa shape index (κ1) is 27.7. The second kappa shape index (κ2) is 13.8. The molecule has 3 atom stereocenters. The van der Waals surface area contributed by atoms with Gasteiger partial charge in [-0.2, -0.15) is 0 Å². The van der Waals surface area contributed by atoms with Gasteiger partial charge in [0.25, 0.3) is 0 Å². The summed E-state index contributed by atoms with van der Waals surface area (Å²) in [5.41, 5.74) is 0. The number of hydrogen-bond donors (Lipinski definition) is 6. The standard InChI is InChI=1S/C16H23NO14/c18-11(19)5-8(14(24)25)17(1-3-30-9(15(26)27)6-12(20)21)2-4-31-10(16(28)29)7-13(22)23/h8-10H,1-7H2,(H,18,19)(H,20,21)(H,22,23)(H,24,25)(H,26,27)(H,28,29)/t8-,9-,10-/m0/s1. The van der Waals surface area contributed by atoms with E-state index < -0.39 is 86.5 Å². The Morgan fingerprint density at radius 3 is 1.19 bits per heavy atom. The van der Waals surface area contributed by atoms with E-state index >= 15 is 0 Å². The van der Waals surface area contributed by atoms with Crippen LogP contribution in [-0.4, -0.2) is 116 Å². The highest BCUT2D eigenvalue weighted by Gasteiger charge is 2.30. The predicted molar refractivity (Wildman–Crippen MR) is 94.5 cm³/mol. The molecule has 0 rings (SSSR count). The molecule has 0 saturated heterocycles. The van der Waals surface area contributed by atoms with Crippen LogP contribution in [0, 0.1) is 0 Å². The lowest BCUT2D eigenvalue weighted by molar-refractivity contribution is -0.159. The fourth-order valence-corrected chi connectivity index (χ4v) is 2.34. The van der Waals surface area contributed by atoms with Crippen molar-refractivity contribution in [1.29, 1.82) is 0 Å². The number of ether oxygens (including phenoxy) is 2. The summed E-state index contributed by atoms with van der Waals surface area (Å²) in [5, 5.41) is 53.4. The van der Waals surface area contributed by atoms with Crippen LogP contribution in [0.15, 0.2) is 0 Å². The highest BCUT2D eigenvalue weighted by molar-refractivity contribution is 5.81. The molecule has 0 saturated carbocycles. The van der Waals surface area contributed by atoms with Crippen LogP contribution in [0.1, 0.15) is 19.3 Å². The Morgan fingerprint density at radius 1 is 0.581 bits per heavy atom. The minimum Gasteiger partial charge on any atom is -0.481 e. The summed E-state index contributed by atoms with van der Waals surface area (Å²) in [6.07, 6.45) is -6.07. The topological polar surface area (TPSA) is 245 Å². The quantitative estimate of drug-likeness (QED) is 0.133. The Labute approximate surface area is 174 Å². The highest BCUT2D eigenvalue weighted by atomic mass is 16.5. The van der Waals surface area contributed by atoms with Crippen molar-refractivity contribution in [2.45, 2.75) is 37.5 Å². The molecule has 0 unspecified atom stereocenters. The molecule has 0 aromatic carbocycles. The summed E-state index contributed by atoms with van der Waals surface area (Å²) in [7, 11) is 0. The lowest BCUT2D eigenvalue weighted by Gasteiger charge is -2.28. The minimum absolute atomic E-state index is 0.367. The van der Waals surface area contributed by atoms with E-state index in [4.69, 9.17) is 35.0 Å². The van der Waals surface area contributed by atoms with Gasteiger partial charge < -0.3 is 40.1 Å². The number of carboxylic acids is 6. The average molecular weight is 453 g/mol. The maximum Gasteiger partial charge on any atom is 0.333 e. The fraction of sp³-hybridized carbons (Fsp3) is 0.625. The van der Waals surface area contributed by atoms with Gasteiger partial charge >= 0.3 is 35.8 Å². The summed E-state index contributed by atoms with van der Waals surface area (Å²) in [5.74, 6) is -9.08. The van der Waals surface area contributed by atoms with Crippen molar-refractivity contribution in [1.82, 2.24) is 4.90 Å². The van der Waals surface area contributed by atoms with Gasteiger partial charge in [-0.1, -0.05) is 0 Å². The molecule has 0 amide bonds. The zero-order chi connectivity index (χ0) is 24.1. The summed E-state index contributed by atoms with van der Waals surface area (Å²) in [4.78, 5) is 66.7. The molecule has 0 aliphatic rings. The maximum absolute atomic E-state index is 11.4. The molecule has 0 aliphatic heterocycles. The van der Waals surface area contributed by atoms with E-state index in [0.717, 1.165) is 4.90 Å². The van der Waals surface area contributed by atoms with E-state index in [-0.39, 0.29) is 13.1 Å². The van der Waals surface area contributed by atoms with Gasteiger partial charge in [-0.3, -0.25) is 24.1 Å². The normalized spacial score (nSPS) is 13.8. The third kappa shape index (κ3) is 12.1. The minimum atomic E-state index is -1.73. The maximum atomic E-state index is 11.4. The van der Waals surface area contributed by atoms with Crippen molar-refractivity contribution in [3.8, 4) is 0 Å². The van der Waals surface area contributed by atoms with E-state index in [1.54, 1.807) is 0 Å². The number of rotatable bonds is 18. The molecule has 0 aromatic heterocycles. The molecule has 176 valence electrons. The van der Waals surface area contributed by atoms with Crippen molar-refractivity contribution in [3.63, 3.8) is 0 Å². The van der Waals surface area contributed by atoms with Gasteiger partial charge in [0.2, 0.25) is 0 Å². The van der Waals surface area contributed by atoms with Crippen LogP contribution in [0.3, 0.4) is 0 Å². The van der Waals surface area contributed by atoms with Crippen LogP contribution in [0.5, 0.6) is 0 Å². The van der Waals surface area contributed by atoms with E-state index in [1.807, 2.05) is 0 Å². The Morgan fingerprint density at radius 2 is 0.935 bits per heavy atom. The molecule has 0 aliphatic carbocycles. The summed E-state index contributed by atoms with van der Waals surface area (Å²) >= 11 is 0. The van der Waals surface area contributed by atoms with Crippen molar-refractivity contribution in [2.75, 3.05) is 26.3 Å². The lowest BCUT2D eigenvalue weighted by atomic mass is 10.1. The zero-order valence-corrected chi connectivity index (χ0v) is 16.1. The van der Waals surface area contributed by atoms with Crippen molar-refractivity contribution >= 4 is 35.8 Å². The molecule has 0 aromatic rings. The van der Waals surface area contributed by atoms with Crippen molar-refractivity contribution in [3.05, 3.63) is 0 Å². The number of hydrogen-bond acceptors (Lipinski definition) is 9. The van der Waals surface area contributed by atoms with Gasteiger partial charge in [0.15, 0.2) is 12.2 Å². The van der Waals surface area contributed by atoms with Crippen molar-refractivity contribution in [2.24, 2.45) is 0 Å². The van der Waals surface area contributed by atoms with Gasteiger partial charge in [-0.05, 0) is 0 Å². The number of carboxylic acid groups (broad SMARTS) is 6. The van der Waals surface area contributed by atoms with Gasteiger partial charge in [0.1, 0.15) is 6.04 Å². The van der Waals surface area contributed by atoms with Gasteiger partial charge in [0.05, 0.1) is 32.5 Å². The lowest BCUT2D eigenvalue weighted by Crippen LogP contribution is -2.46. The summed E-state index contributed by atoms with van der Waals surface area (Å²) < 4.78 is 9.85. The molecule has 6 N–H and O–H groups in total. The molecule has 0 radical (unpaired) electrons. The van der Waals surface area contributed by atoms with E-state index in [9.17, 15) is 33.9 Å². The highest BCUT2D eigenvalue weighted by Crippen LogP contribution is 2.09. The third-order valence-corrected chi connectivity index (χ3v) is 3.76. The average Bonchev–Trinajstić information content (AvgIpc) is 2.61. The van der Waals surface area contributed by atoms with E-state index in [2.05, 4.69) is 0 Å². The Kier molecular flexibility index (Phi) is 12.4. The number of carbonyl (C=O) groups is 6. The summed E-state index contributed by atoms with van der Waals surface area (Å²) in [6.45, 7) is -1.72. The molecule has 0 heterocycles. The molecule has 0 fully saturated rings. The van der Waals surface area contributed by atoms with Crippen LogP contribution >= 0.6 is 0 Å². The first-order valence-electron chi connectivity index (χ1n) is 8.66. The van der Waals surface area contributed by atoms with Crippen LogP contribution in [0.25, 0.3) is 0 Å². The Balaban J connectivity index is 5.19. The second-order valence-electron chi connectivity index (χ2n) is 6.08. The van der Waals surface area contributed by atoms with E-state index in [1.165, 1.54) is 0 Å². The van der Waals surface area contributed by atoms with Crippen LogP contribution in [0.4, 0.5) is 0 Å². The van der Waals surface area contributed by atoms with Gasteiger partial charge in [-0.15, -0.1) is 0 Å². The van der Waals surface area contributed by atoms with Crippen molar-refractivity contribution < 1.29 is 68.9 Å². The predicted octanol–water partition coefficient (Wildman–Crippen LogP) is -1.89. The second-order valence-corrected chi connectivity index (χ2v) is 6.08. The Bertz CT molecular complexity index is 637. The largest absolute Gasteiger partial charge is 0.481 e. The van der Waals surface area contributed by atoms with Crippen LogP contribution in [-0.2, 0) is 38.2 Å². The Hall–Kier alpha value is -3.30. The molecule has 0 bridgehead atoms. The molecule has 15 nitrogen and oxygen atoms in total. The number of nitrogens with zero attached hydrogens (tertiary/aromatic N) is 1. The van der Waals surface area contributed by atoms with Crippen LogP contribution < -0.4 is 0 Å². The molecule has 15 heteroatoms. The third-order valence-electron chi connectivity index (χ3n) is 3.76. The monoisotopic (exact) mass is 453 g/mol. The summed E-state index contributed by atoms with van der Waals surface area (Å²) in [6, 6.07) is -1.63.